The molecule has 0 saturated carbocycles. The molecular formula is C20H25ClN4O2. The average Bonchev–Trinajstić information content (AvgIpc) is 2.72. The van der Waals surface area contributed by atoms with E-state index in [9.17, 15) is 4.79 Å². The second kappa shape index (κ2) is 9.17. The van der Waals surface area contributed by atoms with Gasteiger partial charge in [0.2, 0.25) is 0 Å². The lowest BCUT2D eigenvalue weighted by Crippen LogP contribution is -2.41. The summed E-state index contributed by atoms with van der Waals surface area (Å²) < 4.78 is 5.13. The SMILES string of the molecule is CCOCC(=O)N(N)c1nccc(N2CCC(c3ccccc3)CC2)c1Cl. The molecule has 1 fully saturated rings. The first kappa shape index (κ1) is 19.6. The first-order chi connectivity index (χ1) is 13.1. The number of nitrogens with zero attached hydrogens (tertiary/aromatic N) is 3. The van der Waals surface area contributed by atoms with Crippen LogP contribution in [0, 0.1) is 0 Å². The second-order valence-electron chi connectivity index (χ2n) is 6.54. The third-order valence-electron chi connectivity index (χ3n) is 4.88. The molecule has 3 rings (SSSR count). The molecule has 1 aromatic heterocycles. The van der Waals surface area contributed by atoms with Gasteiger partial charge in [0, 0.05) is 25.9 Å². The summed E-state index contributed by atoms with van der Waals surface area (Å²) in [6, 6.07) is 12.5. The van der Waals surface area contributed by atoms with Crippen molar-refractivity contribution in [3.05, 3.63) is 53.2 Å². The van der Waals surface area contributed by atoms with E-state index < -0.39 is 0 Å². The summed E-state index contributed by atoms with van der Waals surface area (Å²) in [4.78, 5) is 18.5. The number of ether oxygens (including phenoxy) is 1. The highest BCUT2D eigenvalue weighted by Crippen LogP contribution is 2.36. The molecule has 1 aromatic carbocycles. The molecule has 0 bridgehead atoms. The minimum absolute atomic E-state index is 0.0995. The number of pyridine rings is 1. The molecule has 1 aliphatic heterocycles. The molecular weight excluding hydrogens is 364 g/mol. The minimum Gasteiger partial charge on any atom is -0.372 e. The number of amides is 1. The van der Waals surface area contributed by atoms with Gasteiger partial charge in [-0.05, 0) is 37.3 Å². The van der Waals surface area contributed by atoms with Gasteiger partial charge >= 0.3 is 0 Å². The predicted octanol–water partition coefficient (Wildman–Crippen LogP) is 3.36. The van der Waals surface area contributed by atoms with Gasteiger partial charge in [-0.15, -0.1) is 0 Å². The Morgan fingerprint density at radius 3 is 2.67 bits per heavy atom. The van der Waals surface area contributed by atoms with Gasteiger partial charge in [-0.3, -0.25) is 4.79 Å². The van der Waals surface area contributed by atoms with Gasteiger partial charge in [-0.1, -0.05) is 41.9 Å². The van der Waals surface area contributed by atoms with E-state index in [1.165, 1.54) is 5.56 Å². The van der Waals surface area contributed by atoms with Crippen molar-refractivity contribution in [3.8, 4) is 0 Å². The standard InChI is InChI=1S/C20H25ClN4O2/c1-2-27-14-18(26)25(22)20-19(21)17(8-11-23-20)24-12-9-16(10-13-24)15-6-4-3-5-7-15/h3-8,11,16H,2,9-10,12-14,22H2,1H3. The lowest BCUT2D eigenvalue weighted by Gasteiger charge is -2.34. The quantitative estimate of drug-likeness (QED) is 0.466. The van der Waals surface area contributed by atoms with Gasteiger partial charge in [0.05, 0.1) is 5.69 Å². The fourth-order valence-corrected chi connectivity index (χ4v) is 3.71. The fraction of sp³-hybridized carbons (Fsp3) is 0.400. The number of halogens is 1. The lowest BCUT2D eigenvalue weighted by molar-refractivity contribution is -0.123. The van der Waals surface area contributed by atoms with E-state index in [1.54, 1.807) is 6.20 Å². The van der Waals surface area contributed by atoms with Crippen LogP contribution in [0.25, 0.3) is 0 Å². The van der Waals surface area contributed by atoms with E-state index in [-0.39, 0.29) is 18.3 Å². The van der Waals surface area contributed by atoms with E-state index in [0.717, 1.165) is 36.6 Å². The van der Waals surface area contributed by atoms with Crippen molar-refractivity contribution < 1.29 is 9.53 Å². The zero-order valence-corrected chi connectivity index (χ0v) is 16.2. The van der Waals surface area contributed by atoms with Gasteiger partial charge < -0.3 is 9.64 Å². The van der Waals surface area contributed by atoms with Gasteiger partial charge in [0.1, 0.15) is 11.6 Å². The maximum Gasteiger partial charge on any atom is 0.268 e. The number of anilines is 2. The molecule has 2 heterocycles. The van der Waals surface area contributed by atoms with E-state index >= 15 is 0 Å². The topological polar surface area (TPSA) is 71.7 Å². The third kappa shape index (κ3) is 4.58. The Bertz CT molecular complexity index is 764. The molecule has 1 amide bonds. The highest BCUT2D eigenvalue weighted by molar-refractivity contribution is 6.36. The molecule has 144 valence electrons. The number of carbonyl (C=O) groups is 1. The monoisotopic (exact) mass is 388 g/mol. The maximum atomic E-state index is 12.1. The minimum atomic E-state index is -0.383. The van der Waals surface area contributed by atoms with Crippen LogP contribution >= 0.6 is 11.6 Å². The zero-order chi connectivity index (χ0) is 19.2. The van der Waals surface area contributed by atoms with Gasteiger partial charge in [0.15, 0.2) is 5.82 Å². The van der Waals surface area contributed by atoms with E-state index in [1.807, 2.05) is 19.1 Å². The number of carbonyl (C=O) groups excluding carboxylic acids is 1. The molecule has 0 radical (unpaired) electrons. The molecule has 0 atom stereocenters. The molecule has 0 aliphatic carbocycles. The predicted molar refractivity (Wildman–Crippen MR) is 108 cm³/mol. The Hall–Kier alpha value is -2.15. The smallest absolute Gasteiger partial charge is 0.268 e. The Morgan fingerprint density at radius 2 is 2.00 bits per heavy atom. The van der Waals surface area contributed by atoms with Crippen molar-refractivity contribution in [3.63, 3.8) is 0 Å². The number of benzene rings is 1. The number of nitrogens with two attached hydrogens (primary N) is 1. The Kier molecular flexibility index (Phi) is 6.66. The lowest BCUT2D eigenvalue weighted by atomic mass is 9.89. The van der Waals surface area contributed by atoms with E-state index in [0.29, 0.717) is 17.5 Å². The Balaban J connectivity index is 1.70. The van der Waals surface area contributed by atoms with Crippen LogP contribution in [0.15, 0.2) is 42.6 Å². The zero-order valence-electron chi connectivity index (χ0n) is 15.5. The summed E-state index contributed by atoms with van der Waals surface area (Å²) in [6.45, 7) is 3.94. The van der Waals surface area contributed by atoms with Crippen LogP contribution in [0.2, 0.25) is 5.02 Å². The Labute approximate surface area is 164 Å². The number of piperidine rings is 1. The molecule has 2 N–H and O–H groups in total. The summed E-state index contributed by atoms with van der Waals surface area (Å²) in [6.07, 6.45) is 3.73. The second-order valence-corrected chi connectivity index (χ2v) is 6.92. The molecule has 2 aromatic rings. The highest BCUT2D eigenvalue weighted by Gasteiger charge is 2.25. The number of hydrogen-bond donors (Lipinski definition) is 1. The van der Waals surface area contributed by atoms with Crippen LogP contribution in [0.3, 0.4) is 0 Å². The highest BCUT2D eigenvalue weighted by atomic mass is 35.5. The van der Waals surface area contributed by atoms with Crippen molar-refractivity contribution in [1.82, 2.24) is 4.98 Å². The summed E-state index contributed by atoms with van der Waals surface area (Å²) in [7, 11) is 0. The molecule has 6 nitrogen and oxygen atoms in total. The van der Waals surface area contributed by atoms with Crippen molar-refractivity contribution in [2.45, 2.75) is 25.7 Å². The maximum absolute atomic E-state index is 12.1. The summed E-state index contributed by atoms with van der Waals surface area (Å²) in [5.74, 6) is 6.34. The number of aromatic nitrogens is 1. The van der Waals surface area contributed by atoms with Crippen molar-refractivity contribution in [2.75, 3.05) is 36.2 Å². The molecule has 0 unspecified atom stereocenters. The molecule has 0 spiro atoms. The third-order valence-corrected chi connectivity index (χ3v) is 5.25. The summed E-state index contributed by atoms with van der Waals surface area (Å²) in [5.41, 5.74) is 2.24. The van der Waals surface area contributed by atoms with E-state index in [2.05, 4.69) is 34.1 Å². The van der Waals surface area contributed by atoms with Crippen LogP contribution in [0.4, 0.5) is 11.5 Å². The summed E-state index contributed by atoms with van der Waals surface area (Å²) >= 11 is 6.55. The van der Waals surface area contributed by atoms with Crippen LogP contribution in [-0.2, 0) is 9.53 Å². The first-order valence-electron chi connectivity index (χ1n) is 9.21. The molecule has 1 aliphatic rings. The van der Waals surface area contributed by atoms with Crippen molar-refractivity contribution in [1.29, 1.82) is 0 Å². The van der Waals surface area contributed by atoms with Crippen molar-refractivity contribution in [2.24, 2.45) is 5.84 Å². The number of hydrogen-bond acceptors (Lipinski definition) is 5. The Morgan fingerprint density at radius 1 is 1.30 bits per heavy atom. The summed E-state index contributed by atoms with van der Waals surface area (Å²) in [5, 5.41) is 1.36. The van der Waals surface area contributed by atoms with Crippen molar-refractivity contribution >= 4 is 29.0 Å². The van der Waals surface area contributed by atoms with Crippen LogP contribution in [0.1, 0.15) is 31.2 Å². The normalized spacial score (nSPS) is 15.0. The molecule has 7 heteroatoms. The number of rotatable bonds is 6. The molecule has 1 saturated heterocycles. The van der Waals surface area contributed by atoms with Gasteiger partial charge in [0.25, 0.3) is 5.91 Å². The van der Waals surface area contributed by atoms with Crippen LogP contribution in [0.5, 0.6) is 0 Å². The van der Waals surface area contributed by atoms with Gasteiger partial charge in [-0.2, -0.15) is 0 Å². The van der Waals surface area contributed by atoms with Crippen LogP contribution < -0.4 is 15.8 Å². The first-order valence-corrected chi connectivity index (χ1v) is 9.59. The largest absolute Gasteiger partial charge is 0.372 e. The molecule has 27 heavy (non-hydrogen) atoms. The fourth-order valence-electron chi connectivity index (χ4n) is 3.39. The average molecular weight is 389 g/mol. The number of hydrazine groups is 1. The van der Waals surface area contributed by atoms with Crippen LogP contribution in [-0.4, -0.2) is 37.2 Å². The van der Waals surface area contributed by atoms with E-state index in [4.69, 9.17) is 22.2 Å². The van der Waals surface area contributed by atoms with Gasteiger partial charge in [-0.25, -0.2) is 15.8 Å².